The Morgan fingerprint density at radius 2 is 1.56 bits per heavy atom. The predicted octanol–water partition coefficient (Wildman–Crippen LogP) is 3.91. The van der Waals surface area contributed by atoms with Crippen molar-refractivity contribution in [2.24, 2.45) is 24.8 Å². The van der Waals surface area contributed by atoms with Gasteiger partial charge in [0, 0.05) is 32.5 Å². The summed E-state index contributed by atoms with van der Waals surface area (Å²) < 4.78 is 1.88. The van der Waals surface area contributed by atoms with Gasteiger partial charge in [-0.1, -0.05) is 43.7 Å². The molecule has 1 atom stereocenters. The molecule has 3 aliphatic carbocycles. The van der Waals surface area contributed by atoms with Crippen molar-refractivity contribution in [2.75, 3.05) is 13.1 Å². The molecule has 0 N–H and O–H groups in total. The van der Waals surface area contributed by atoms with Crippen LogP contribution in [0, 0.1) is 17.8 Å². The lowest BCUT2D eigenvalue weighted by molar-refractivity contribution is -0.137. The van der Waals surface area contributed by atoms with Crippen molar-refractivity contribution in [3.63, 3.8) is 0 Å². The van der Waals surface area contributed by atoms with E-state index in [2.05, 4.69) is 15.2 Å². The second kappa shape index (κ2) is 8.74. The number of rotatable bonds is 5. The third-order valence-electron chi connectivity index (χ3n) is 7.26. The number of fused-ring (bicyclic) bond motifs is 1. The molecule has 0 bridgehead atoms. The first-order valence-electron chi connectivity index (χ1n) is 11.4. The van der Waals surface area contributed by atoms with Crippen LogP contribution in [0.2, 0.25) is 0 Å². The van der Waals surface area contributed by atoms with Gasteiger partial charge in [0.1, 0.15) is 0 Å². The van der Waals surface area contributed by atoms with Crippen molar-refractivity contribution in [1.29, 1.82) is 0 Å². The van der Waals surface area contributed by atoms with Gasteiger partial charge in [-0.3, -0.25) is 9.48 Å². The third kappa shape index (κ3) is 4.55. The van der Waals surface area contributed by atoms with Crippen LogP contribution in [0.5, 0.6) is 0 Å². The molecular weight excluding hydrogens is 336 g/mol. The van der Waals surface area contributed by atoms with Gasteiger partial charge in [0.2, 0.25) is 5.91 Å². The Kier molecular flexibility index (Phi) is 6.14. The average molecular weight is 373 g/mol. The fourth-order valence-electron chi connectivity index (χ4n) is 5.60. The van der Waals surface area contributed by atoms with E-state index in [1.165, 1.54) is 69.9 Å². The van der Waals surface area contributed by atoms with Gasteiger partial charge in [0.25, 0.3) is 0 Å². The quantitative estimate of drug-likeness (QED) is 0.787. The van der Waals surface area contributed by atoms with Gasteiger partial charge < -0.3 is 4.90 Å². The van der Waals surface area contributed by atoms with E-state index in [9.17, 15) is 4.79 Å². The number of amides is 1. The molecule has 150 valence electrons. The van der Waals surface area contributed by atoms with Crippen LogP contribution in [0.4, 0.5) is 0 Å². The molecule has 1 unspecified atom stereocenters. The molecule has 2 fully saturated rings. The molecule has 4 rings (SSSR count). The van der Waals surface area contributed by atoms with Crippen molar-refractivity contribution < 1.29 is 4.79 Å². The zero-order valence-electron chi connectivity index (χ0n) is 17.0. The smallest absolute Gasteiger partial charge is 0.226 e. The van der Waals surface area contributed by atoms with Gasteiger partial charge >= 0.3 is 0 Å². The lowest BCUT2D eigenvalue weighted by Crippen LogP contribution is -2.44. The van der Waals surface area contributed by atoms with Crippen LogP contribution in [0.15, 0.2) is 0 Å². The zero-order valence-corrected chi connectivity index (χ0v) is 17.0. The van der Waals surface area contributed by atoms with Crippen LogP contribution in [0.25, 0.3) is 0 Å². The molecule has 0 saturated heterocycles. The zero-order chi connectivity index (χ0) is 18.6. The summed E-state index contributed by atoms with van der Waals surface area (Å²) in [7, 11) is 1.96. The first kappa shape index (κ1) is 18.9. The molecule has 5 heteroatoms. The molecule has 5 nitrogen and oxygen atoms in total. The van der Waals surface area contributed by atoms with Crippen molar-refractivity contribution in [2.45, 2.75) is 83.5 Å². The first-order chi connectivity index (χ1) is 13.2. The Labute approximate surface area is 163 Å². The van der Waals surface area contributed by atoms with E-state index in [0.29, 0.717) is 5.91 Å². The average Bonchev–Trinajstić information content (AvgIpc) is 3.09. The lowest BCUT2D eigenvalue weighted by atomic mass is 9.84. The molecule has 1 aromatic heterocycles. The van der Waals surface area contributed by atoms with Gasteiger partial charge in [-0.25, -0.2) is 0 Å². The van der Waals surface area contributed by atoms with Crippen molar-refractivity contribution in [3.05, 3.63) is 11.4 Å². The summed E-state index contributed by atoms with van der Waals surface area (Å²) in [6.07, 6.45) is 16.1. The molecule has 27 heavy (non-hydrogen) atoms. The van der Waals surface area contributed by atoms with Gasteiger partial charge in [-0.05, 0) is 50.4 Å². The van der Waals surface area contributed by atoms with E-state index in [0.717, 1.165) is 49.9 Å². The highest BCUT2D eigenvalue weighted by molar-refractivity contribution is 5.79. The molecule has 1 heterocycles. The van der Waals surface area contributed by atoms with E-state index in [1.54, 1.807) is 0 Å². The highest BCUT2D eigenvalue weighted by atomic mass is 16.2. The van der Waals surface area contributed by atoms with E-state index in [4.69, 9.17) is 0 Å². The Balaban J connectivity index is 1.44. The number of nitrogens with zero attached hydrogens (tertiary/aromatic N) is 4. The largest absolute Gasteiger partial charge is 0.342 e. The van der Waals surface area contributed by atoms with Crippen LogP contribution in [0.3, 0.4) is 0 Å². The number of carbonyl (C=O) groups is 1. The van der Waals surface area contributed by atoms with E-state index >= 15 is 0 Å². The summed E-state index contributed by atoms with van der Waals surface area (Å²) in [5.74, 6) is 1.99. The monoisotopic (exact) mass is 372 g/mol. The third-order valence-corrected chi connectivity index (χ3v) is 7.26. The van der Waals surface area contributed by atoms with Crippen LogP contribution >= 0.6 is 0 Å². The summed E-state index contributed by atoms with van der Waals surface area (Å²) in [5.41, 5.74) is 2.28. The van der Waals surface area contributed by atoms with Crippen molar-refractivity contribution in [3.8, 4) is 0 Å². The van der Waals surface area contributed by atoms with Crippen LogP contribution in [0.1, 0.15) is 82.0 Å². The Bertz CT molecular complexity index is 608. The highest BCUT2D eigenvalue weighted by Crippen LogP contribution is 2.31. The Morgan fingerprint density at radius 3 is 2.15 bits per heavy atom. The molecule has 0 aliphatic heterocycles. The second-order valence-electron chi connectivity index (χ2n) is 9.30. The van der Waals surface area contributed by atoms with E-state index < -0.39 is 0 Å². The van der Waals surface area contributed by atoms with E-state index in [1.807, 2.05) is 11.7 Å². The Morgan fingerprint density at radius 1 is 0.963 bits per heavy atom. The molecule has 1 aromatic rings. The molecule has 3 aliphatic rings. The number of carbonyl (C=O) groups excluding carboxylic acids is 1. The summed E-state index contributed by atoms with van der Waals surface area (Å²) in [5, 5.41) is 8.44. The van der Waals surface area contributed by atoms with Gasteiger partial charge in [0.05, 0.1) is 11.4 Å². The highest BCUT2D eigenvalue weighted by Gasteiger charge is 2.33. The maximum Gasteiger partial charge on any atom is 0.226 e. The maximum atomic E-state index is 13.6. The number of aryl methyl sites for hydroxylation is 2. The summed E-state index contributed by atoms with van der Waals surface area (Å²) in [4.78, 5) is 15.9. The number of hydrogen-bond donors (Lipinski definition) is 0. The standard InChI is InChI=1S/C22H36N4O/c1-25-21-14-19(12-13-20(21)23-24-25)22(27)26(15-17-8-4-2-5-9-17)16-18-10-6-3-7-11-18/h17-19H,2-16H2,1H3. The minimum Gasteiger partial charge on any atom is -0.342 e. The van der Waals surface area contributed by atoms with Crippen LogP contribution < -0.4 is 0 Å². The summed E-state index contributed by atoms with van der Waals surface area (Å²) in [6.45, 7) is 2.00. The van der Waals surface area contributed by atoms with Crippen molar-refractivity contribution >= 4 is 5.91 Å². The van der Waals surface area contributed by atoms with Gasteiger partial charge in [-0.15, -0.1) is 5.10 Å². The van der Waals surface area contributed by atoms with Gasteiger partial charge in [-0.2, -0.15) is 0 Å². The van der Waals surface area contributed by atoms with E-state index in [-0.39, 0.29) is 5.92 Å². The summed E-state index contributed by atoms with van der Waals surface area (Å²) in [6, 6.07) is 0. The minimum absolute atomic E-state index is 0.127. The molecule has 0 spiro atoms. The second-order valence-corrected chi connectivity index (χ2v) is 9.30. The molecule has 1 amide bonds. The fraction of sp³-hybridized carbons (Fsp3) is 0.864. The number of hydrogen-bond acceptors (Lipinski definition) is 3. The summed E-state index contributed by atoms with van der Waals surface area (Å²) >= 11 is 0. The molecule has 2 saturated carbocycles. The maximum absolute atomic E-state index is 13.6. The van der Waals surface area contributed by atoms with Crippen LogP contribution in [-0.4, -0.2) is 38.9 Å². The Hall–Kier alpha value is -1.39. The predicted molar refractivity (Wildman–Crippen MR) is 106 cm³/mol. The fourth-order valence-corrected chi connectivity index (χ4v) is 5.60. The molecule has 0 radical (unpaired) electrons. The number of aromatic nitrogens is 3. The van der Waals surface area contributed by atoms with Crippen molar-refractivity contribution in [1.82, 2.24) is 19.9 Å². The molecular formula is C22H36N4O. The van der Waals surface area contributed by atoms with Crippen LogP contribution in [-0.2, 0) is 24.7 Å². The SMILES string of the molecule is Cn1nnc2c1CC(C(=O)N(CC1CCCCC1)CC1CCCCC1)CC2. The lowest BCUT2D eigenvalue weighted by Gasteiger charge is -2.36. The molecule has 0 aromatic carbocycles. The van der Waals surface area contributed by atoms with Gasteiger partial charge in [0.15, 0.2) is 0 Å². The topological polar surface area (TPSA) is 51.0 Å². The minimum atomic E-state index is 0.127. The normalized spacial score (nSPS) is 24.6. The first-order valence-corrected chi connectivity index (χ1v) is 11.4.